The van der Waals surface area contributed by atoms with Crippen molar-refractivity contribution in [3.8, 4) is 11.4 Å². The monoisotopic (exact) mass is 367 g/mol. The molecule has 134 valence electrons. The lowest BCUT2D eigenvalue weighted by Crippen LogP contribution is -2.06. The van der Waals surface area contributed by atoms with Crippen LogP contribution in [0.2, 0.25) is 0 Å². The molecule has 0 bridgehead atoms. The Morgan fingerprint density at radius 2 is 1.96 bits per heavy atom. The Labute approximate surface area is 156 Å². The van der Waals surface area contributed by atoms with E-state index in [2.05, 4.69) is 19.7 Å². The molecule has 0 spiro atoms. The third-order valence-corrected chi connectivity index (χ3v) is 5.87. The van der Waals surface area contributed by atoms with Crippen molar-refractivity contribution in [2.24, 2.45) is 7.05 Å². The van der Waals surface area contributed by atoms with Crippen LogP contribution in [0.15, 0.2) is 35.7 Å². The topological polar surface area (TPSA) is 65.6 Å². The zero-order valence-corrected chi connectivity index (χ0v) is 16.0. The Bertz CT molecular complexity index is 956. The molecule has 1 saturated carbocycles. The van der Waals surface area contributed by atoms with Gasteiger partial charge in [0, 0.05) is 48.0 Å². The summed E-state index contributed by atoms with van der Waals surface area (Å²) in [5.74, 6) is 1.36. The number of carbonyl (C=O) groups excluding carboxylic acids is 1. The second-order valence-corrected chi connectivity index (χ2v) is 7.64. The van der Waals surface area contributed by atoms with Gasteiger partial charge in [-0.3, -0.25) is 14.3 Å². The predicted octanol–water partition coefficient (Wildman–Crippen LogP) is 3.61. The van der Waals surface area contributed by atoms with Gasteiger partial charge in [-0.05, 0) is 44.9 Å². The van der Waals surface area contributed by atoms with Crippen LogP contribution in [-0.4, -0.2) is 35.9 Å². The molecule has 3 aromatic rings. The third-order valence-electron chi connectivity index (χ3n) is 4.92. The van der Waals surface area contributed by atoms with E-state index in [-0.39, 0.29) is 5.78 Å². The van der Waals surface area contributed by atoms with Gasteiger partial charge in [0.25, 0.3) is 0 Å². The average Bonchev–Trinajstić information content (AvgIpc) is 3.36. The molecule has 0 radical (unpaired) electrons. The summed E-state index contributed by atoms with van der Waals surface area (Å²) in [6.07, 6.45) is 5.79. The van der Waals surface area contributed by atoms with E-state index in [9.17, 15) is 4.79 Å². The molecule has 0 aliphatic heterocycles. The molecule has 3 aromatic heterocycles. The molecule has 26 heavy (non-hydrogen) atoms. The normalized spacial score (nSPS) is 14.0. The van der Waals surface area contributed by atoms with Crippen LogP contribution in [0.25, 0.3) is 11.4 Å². The number of aryl methyl sites for hydroxylation is 1. The highest BCUT2D eigenvalue weighted by Crippen LogP contribution is 2.41. The smallest absolute Gasteiger partial charge is 0.192 e. The van der Waals surface area contributed by atoms with Crippen molar-refractivity contribution in [2.45, 2.75) is 37.9 Å². The van der Waals surface area contributed by atoms with E-state index in [4.69, 9.17) is 0 Å². The summed E-state index contributed by atoms with van der Waals surface area (Å²) in [5, 5.41) is 9.56. The molecule has 1 aliphatic carbocycles. The van der Waals surface area contributed by atoms with Crippen LogP contribution in [0.4, 0.5) is 0 Å². The minimum Gasteiger partial charge on any atom is -0.351 e. The van der Waals surface area contributed by atoms with E-state index >= 15 is 0 Å². The van der Waals surface area contributed by atoms with Crippen molar-refractivity contribution in [2.75, 3.05) is 5.75 Å². The first-order valence-electron chi connectivity index (χ1n) is 8.70. The van der Waals surface area contributed by atoms with Gasteiger partial charge >= 0.3 is 0 Å². The number of hydrogen-bond acceptors (Lipinski definition) is 5. The highest BCUT2D eigenvalue weighted by molar-refractivity contribution is 7.99. The number of rotatable bonds is 6. The van der Waals surface area contributed by atoms with Crippen LogP contribution >= 0.6 is 11.8 Å². The van der Waals surface area contributed by atoms with Crippen molar-refractivity contribution < 1.29 is 4.79 Å². The van der Waals surface area contributed by atoms with Gasteiger partial charge < -0.3 is 4.57 Å². The lowest BCUT2D eigenvalue weighted by atomic mass is 10.2. The SMILES string of the molecule is Cc1cc(C(=O)CSc2nnc(-c3ccncc3)n2C2CC2)c(C)n1C. The van der Waals surface area contributed by atoms with Crippen LogP contribution in [0.3, 0.4) is 0 Å². The third kappa shape index (κ3) is 3.07. The molecule has 4 rings (SSSR count). The number of aromatic nitrogens is 5. The summed E-state index contributed by atoms with van der Waals surface area (Å²) in [5.41, 5.74) is 3.91. The second-order valence-electron chi connectivity index (χ2n) is 6.70. The van der Waals surface area contributed by atoms with Crippen molar-refractivity contribution in [3.63, 3.8) is 0 Å². The fourth-order valence-corrected chi connectivity index (χ4v) is 3.97. The highest BCUT2D eigenvalue weighted by atomic mass is 32.2. The van der Waals surface area contributed by atoms with Crippen LogP contribution < -0.4 is 0 Å². The summed E-state index contributed by atoms with van der Waals surface area (Å²) < 4.78 is 4.22. The van der Waals surface area contributed by atoms with Gasteiger partial charge in [0.2, 0.25) is 0 Å². The summed E-state index contributed by atoms with van der Waals surface area (Å²) in [7, 11) is 1.99. The van der Waals surface area contributed by atoms with Crippen LogP contribution in [0, 0.1) is 13.8 Å². The van der Waals surface area contributed by atoms with Gasteiger partial charge in [-0.15, -0.1) is 10.2 Å². The molecule has 0 amide bonds. The summed E-state index contributed by atoms with van der Waals surface area (Å²) in [6.45, 7) is 4.00. The maximum absolute atomic E-state index is 12.7. The van der Waals surface area contributed by atoms with Crippen molar-refractivity contribution in [1.82, 2.24) is 24.3 Å². The number of nitrogens with zero attached hydrogens (tertiary/aromatic N) is 5. The molecule has 3 heterocycles. The van der Waals surface area contributed by atoms with E-state index in [0.29, 0.717) is 11.8 Å². The van der Waals surface area contributed by atoms with Gasteiger partial charge in [-0.25, -0.2) is 0 Å². The van der Waals surface area contributed by atoms with Gasteiger partial charge in [0.1, 0.15) is 0 Å². The van der Waals surface area contributed by atoms with Gasteiger partial charge in [-0.2, -0.15) is 0 Å². The largest absolute Gasteiger partial charge is 0.351 e. The van der Waals surface area contributed by atoms with E-state index in [1.54, 1.807) is 12.4 Å². The van der Waals surface area contributed by atoms with Crippen molar-refractivity contribution in [3.05, 3.63) is 47.5 Å². The van der Waals surface area contributed by atoms with Crippen LogP contribution in [0.5, 0.6) is 0 Å². The molecule has 1 fully saturated rings. The minimum atomic E-state index is 0.131. The summed E-state index contributed by atoms with van der Waals surface area (Å²) >= 11 is 1.47. The molecule has 1 aliphatic rings. The minimum absolute atomic E-state index is 0.131. The molecular formula is C19H21N5OS. The number of ketones is 1. The van der Waals surface area contributed by atoms with E-state index in [1.165, 1.54) is 11.8 Å². The number of hydrogen-bond donors (Lipinski definition) is 0. The van der Waals surface area contributed by atoms with Gasteiger partial charge in [0.15, 0.2) is 16.8 Å². The highest BCUT2D eigenvalue weighted by Gasteiger charge is 2.30. The molecule has 7 heteroatoms. The Morgan fingerprint density at radius 3 is 2.58 bits per heavy atom. The Hall–Kier alpha value is -2.41. The molecule has 0 unspecified atom stereocenters. The van der Waals surface area contributed by atoms with E-state index in [1.807, 2.05) is 43.7 Å². The van der Waals surface area contributed by atoms with Crippen LogP contribution in [0.1, 0.15) is 40.6 Å². The Kier molecular flexibility index (Phi) is 4.40. The maximum atomic E-state index is 12.7. The zero-order chi connectivity index (χ0) is 18.3. The van der Waals surface area contributed by atoms with Crippen LogP contribution in [-0.2, 0) is 7.05 Å². The Balaban J connectivity index is 1.56. The van der Waals surface area contributed by atoms with Gasteiger partial charge in [0.05, 0.1) is 5.75 Å². The fraction of sp³-hybridized carbons (Fsp3) is 0.368. The Morgan fingerprint density at radius 1 is 1.23 bits per heavy atom. The summed E-state index contributed by atoms with van der Waals surface area (Å²) in [6, 6.07) is 6.29. The molecular weight excluding hydrogens is 346 g/mol. The molecule has 0 aromatic carbocycles. The second kappa shape index (κ2) is 6.72. The fourth-order valence-electron chi connectivity index (χ4n) is 3.08. The lowest BCUT2D eigenvalue weighted by molar-refractivity contribution is 0.102. The first kappa shape index (κ1) is 17.0. The number of thioether (sulfide) groups is 1. The first-order chi connectivity index (χ1) is 12.6. The lowest BCUT2D eigenvalue weighted by Gasteiger charge is -2.08. The van der Waals surface area contributed by atoms with Crippen molar-refractivity contribution >= 4 is 17.5 Å². The van der Waals surface area contributed by atoms with E-state index < -0.39 is 0 Å². The standard InChI is InChI=1S/C19H21N5OS/c1-12-10-16(13(2)23(12)3)17(25)11-26-19-22-21-18(24(19)15-4-5-15)14-6-8-20-9-7-14/h6-10,15H,4-5,11H2,1-3H3. The first-order valence-corrected chi connectivity index (χ1v) is 9.69. The van der Waals surface area contributed by atoms with E-state index in [0.717, 1.165) is 46.3 Å². The number of pyridine rings is 1. The summed E-state index contributed by atoms with van der Waals surface area (Å²) in [4.78, 5) is 16.7. The molecule has 0 saturated heterocycles. The van der Waals surface area contributed by atoms with Crippen molar-refractivity contribution in [1.29, 1.82) is 0 Å². The number of Topliss-reactive ketones (excluding diaryl/α,β-unsaturated/α-hetero) is 1. The molecule has 0 N–H and O–H groups in total. The number of carbonyl (C=O) groups is 1. The predicted molar refractivity (Wildman–Crippen MR) is 101 cm³/mol. The molecule has 6 nitrogen and oxygen atoms in total. The quantitative estimate of drug-likeness (QED) is 0.492. The zero-order valence-electron chi connectivity index (χ0n) is 15.1. The molecule has 0 atom stereocenters. The maximum Gasteiger partial charge on any atom is 0.192 e. The van der Waals surface area contributed by atoms with Gasteiger partial charge in [-0.1, -0.05) is 11.8 Å². The average molecular weight is 367 g/mol.